The lowest BCUT2D eigenvalue weighted by Gasteiger charge is -2.43. The van der Waals surface area contributed by atoms with Crippen LogP contribution >= 0.6 is 11.3 Å². The van der Waals surface area contributed by atoms with Crippen LogP contribution in [-0.4, -0.2) is 23.8 Å². The predicted molar refractivity (Wildman–Crippen MR) is 94.5 cm³/mol. The largest absolute Gasteiger partial charge is 0.345 e. The zero-order chi connectivity index (χ0) is 19.2. The van der Waals surface area contributed by atoms with Crippen LogP contribution < -0.4 is 5.32 Å². The Balaban J connectivity index is 2.08. The number of amides is 1. The summed E-state index contributed by atoms with van der Waals surface area (Å²) < 4.78 is 28.7. The van der Waals surface area contributed by atoms with Gasteiger partial charge in [0.2, 0.25) is 5.91 Å². The number of benzene rings is 1. The standard InChI is InChI=1S/C18H16F2N4OS/c1-9-16(25)24(3)17(22)23-18(9,2)15-14(20)12(8-26-15)10-4-5-13(19)11(6-10)7-21/h4-6,8-9H,1-3H3,(H2,22,23)/t9-,18+/m1/s1. The topological polar surface area (TPSA) is 80.0 Å². The van der Waals surface area contributed by atoms with E-state index in [1.807, 2.05) is 0 Å². The van der Waals surface area contributed by atoms with Gasteiger partial charge in [0.25, 0.3) is 0 Å². The van der Waals surface area contributed by atoms with Crippen molar-refractivity contribution in [2.75, 3.05) is 7.05 Å². The molecule has 5 nitrogen and oxygen atoms in total. The van der Waals surface area contributed by atoms with Crippen LogP contribution in [0.4, 0.5) is 8.78 Å². The third-order valence-electron chi connectivity index (χ3n) is 4.88. The van der Waals surface area contributed by atoms with Crippen LogP contribution in [0.3, 0.4) is 0 Å². The summed E-state index contributed by atoms with van der Waals surface area (Å²) in [5.74, 6) is -2.18. The fourth-order valence-electron chi connectivity index (χ4n) is 3.01. The minimum atomic E-state index is -1.08. The third-order valence-corrected chi connectivity index (χ3v) is 6.07. The summed E-state index contributed by atoms with van der Waals surface area (Å²) in [4.78, 5) is 13.9. The van der Waals surface area contributed by atoms with Gasteiger partial charge >= 0.3 is 0 Å². The summed E-state index contributed by atoms with van der Waals surface area (Å²) in [7, 11) is 1.49. The molecule has 0 radical (unpaired) electrons. The van der Waals surface area contributed by atoms with Gasteiger partial charge in [0.05, 0.1) is 21.9 Å². The fraction of sp³-hybridized carbons (Fsp3) is 0.278. The first-order valence-electron chi connectivity index (χ1n) is 7.82. The van der Waals surface area contributed by atoms with E-state index in [1.165, 1.54) is 24.1 Å². The lowest BCUT2D eigenvalue weighted by molar-refractivity contribution is -0.134. The van der Waals surface area contributed by atoms with Crippen LogP contribution in [0.2, 0.25) is 0 Å². The number of thiophene rings is 1. The van der Waals surface area contributed by atoms with Crippen LogP contribution in [0.15, 0.2) is 23.6 Å². The van der Waals surface area contributed by atoms with Gasteiger partial charge in [0.15, 0.2) is 5.96 Å². The van der Waals surface area contributed by atoms with E-state index >= 15 is 4.39 Å². The first-order valence-corrected chi connectivity index (χ1v) is 8.70. The molecule has 1 aromatic carbocycles. The van der Waals surface area contributed by atoms with Crippen LogP contribution in [0.1, 0.15) is 24.3 Å². The first-order chi connectivity index (χ1) is 12.2. The Morgan fingerprint density at radius 1 is 1.42 bits per heavy atom. The van der Waals surface area contributed by atoms with E-state index in [4.69, 9.17) is 10.7 Å². The smallest absolute Gasteiger partial charge is 0.234 e. The maximum atomic E-state index is 15.2. The number of nitrogens with zero attached hydrogens (tertiary/aromatic N) is 2. The predicted octanol–water partition coefficient (Wildman–Crippen LogP) is 3.41. The number of hydrogen-bond donors (Lipinski definition) is 2. The minimum Gasteiger partial charge on any atom is -0.345 e. The van der Waals surface area contributed by atoms with Crippen molar-refractivity contribution in [3.05, 3.63) is 45.7 Å². The minimum absolute atomic E-state index is 0.0986. The normalized spacial score (nSPS) is 22.9. The Morgan fingerprint density at radius 2 is 2.12 bits per heavy atom. The Bertz CT molecular complexity index is 965. The lowest BCUT2D eigenvalue weighted by atomic mass is 9.82. The maximum Gasteiger partial charge on any atom is 0.234 e. The summed E-state index contributed by atoms with van der Waals surface area (Å²) in [5, 5.41) is 21.4. The molecule has 1 fully saturated rings. The van der Waals surface area contributed by atoms with Crippen molar-refractivity contribution in [1.29, 1.82) is 10.7 Å². The number of rotatable bonds is 2. The van der Waals surface area contributed by atoms with Gasteiger partial charge in [-0.2, -0.15) is 5.26 Å². The van der Waals surface area contributed by atoms with Crippen molar-refractivity contribution in [1.82, 2.24) is 10.2 Å². The third kappa shape index (κ3) is 2.56. The number of nitrogens with one attached hydrogen (secondary N) is 2. The Kier molecular flexibility index (Phi) is 4.28. The Hall–Kier alpha value is -2.79. The summed E-state index contributed by atoms with van der Waals surface area (Å²) in [6, 6.07) is 5.57. The van der Waals surface area contributed by atoms with Crippen molar-refractivity contribution < 1.29 is 13.6 Å². The molecular weight excluding hydrogens is 358 g/mol. The van der Waals surface area contributed by atoms with E-state index in [2.05, 4.69) is 5.32 Å². The highest BCUT2D eigenvalue weighted by atomic mass is 32.1. The quantitative estimate of drug-likeness (QED) is 0.845. The molecule has 1 aromatic heterocycles. The van der Waals surface area contributed by atoms with E-state index in [0.717, 1.165) is 17.4 Å². The molecule has 1 saturated heterocycles. The number of halogens is 2. The summed E-state index contributed by atoms with van der Waals surface area (Å²) in [6.45, 7) is 3.37. The molecule has 1 aliphatic rings. The number of carbonyl (C=O) groups is 1. The maximum absolute atomic E-state index is 15.2. The molecule has 8 heteroatoms. The van der Waals surface area contributed by atoms with Gasteiger partial charge in [-0.15, -0.1) is 11.3 Å². The zero-order valence-electron chi connectivity index (χ0n) is 14.4. The second-order valence-electron chi connectivity index (χ2n) is 6.39. The molecule has 0 aliphatic carbocycles. The summed E-state index contributed by atoms with van der Waals surface area (Å²) >= 11 is 1.12. The van der Waals surface area contributed by atoms with E-state index in [9.17, 15) is 9.18 Å². The molecule has 0 saturated carbocycles. The van der Waals surface area contributed by atoms with Gasteiger partial charge in [0, 0.05) is 18.0 Å². The van der Waals surface area contributed by atoms with Gasteiger partial charge in [-0.1, -0.05) is 13.0 Å². The molecule has 1 aliphatic heterocycles. The van der Waals surface area contributed by atoms with Crippen molar-refractivity contribution in [2.24, 2.45) is 5.92 Å². The van der Waals surface area contributed by atoms with Crippen LogP contribution in [0.25, 0.3) is 11.1 Å². The van der Waals surface area contributed by atoms with Crippen molar-refractivity contribution >= 4 is 23.2 Å². The highest BCUT2D eigenvalue weighted by Crippen LogP contribution is 2.42. The molecule has 1 amide bonds. The van der Waals surface area contributed by atoms with Crippen LogP contribution in [-0.2, 0) is 10.3 Å². The fourth-order valence-corrected chi connectivity index (χ4v) is 4.17. The molecule has 134 valence electrons. The zero-order valence-corrected chi connectivity index (χ0v) is 15.2. The first kappa shape index (κ1) is 18.0. The molecule has 2 heterocycles. The van der Waals surface area contributed by atoms with Crippen LogP contribution in [0, 0.1) is 34.3 Å². The second-order valence-corrected chi connectivity index (χ2v) is 7.27. The van der Waals surface area contributed by atoms with Gasteiger partial charge in [-0.25, -0.2) is 8.78 Å². The van der Waals surface area contributed by atoms with Crippen molar-refractivity contribution in [3.8, 4) is 17.2 Å². The highest BCUT2D eigenvalue weighted by molar-refractivity contribution is 7.10. The SMILES string of the molecule is C[C@@H]1C(=O)N(C)C(=N)N[C@]1(C)c1scc(-c2ccc(F)c(C#N)c2)c1F. The van der Waals surface area contributed by atoms with E-state index in [1.54, 1.807) is 25.3 Å². The monoisotopic (exact) mass is 374 g/mol. The molecule has 26 heavy (non-hydrogen) atoms. The average Bonchev–Trinajstić information content (AvgIpc) is 3.01. The van der Waals surface area contributed by atoms with E-state index < -0.39 is 23.1 Å². The molecular formula is C18H16F2N4OS. The van der Waals surface area contributed by atoms with Gasteiger partial charge in [-0.05, 0) is 24.6 Å². The average molecular weight is 374 g/mol. The molecule has 0 unspecified atom stereocenters. The van der Waals surface area contributed by atoms with Gasteiger partial charge in [0.1, 0.15) is 17.7 Å². The van der Waals surface area contributed by atoms with Crippen molar-refractivity contribution in [3.63, 3.8) is 0 Å². The Labute approximate surface area is 153 Å². The Morgan fingerprint density at radius 3 is 2.77 bits per heavy atom. The van der Waals surface area contributed by atoms with Crippen molar-refractivity contribution in [2.45, 2.75) is 19.4 Å². The molecule has 2 aromatic rings. The summed E-state index contributed by atoms with van der Waals surface area (Å²) in [5.41, 5.74) is -0.627. The lowest BCUT2D eigenvalue weighted by Crippen LogP contribution is -2.62. The molecule has 0 spiro atoms. The molecule has 2 N–H and O–H groups in total. The molecule has 2 atom stereocenters. The van der Waals surface area contributed by atoms with Gasteiger partial charge < -0.3 is 5.32 Å². The number of hydrogen-bond acceptors (Lipinski definition) is 4. The van der Waals surface area contributed by atoms with Gasteiger partial charge in [-0.3, -0.25) is 15.1 Å². The highest BCUT2D eigenvalue weighted by Gasteiger charge is 2.47. The number of guanidine groups is 1. The molecule has 0 bridgehead atoms. The van der Waals surface area contributed by atoms with E-state index in [0.29, 0.717) is 5.56 Å². The second kappa shape index (κ2) is 6.18. The summed E-state index contributed by atoms with van der Waals surface area (Å²) in [6.07, 6.45) is 0. The number of nitriles is 1. The molecule has 3 rings (SSSR count). The number of carbonyl (C=O) groups excluding carboxylic acids is 1. The van der Waals surface area contributed by atoms with E-state index in [-0.39, 0.29) is 27.9 Å². The van der Waals surface area contributed by atoms with Crippen LogP contribution in [0.5, 0.6) is 0 Å².